The summed E-state index contributed by atoms with van der Waals surface area (Å²) in [4.78, 5) is 52.1. The zero-order valence-electron chi connectivity index (χ0n) is 20.6. The molecule has 0 aliphatic carbocycles. The van der Waals surface area contributed by atoms with Gasteiger partial charge in [-0.1, -0.05) is 72.4 Å². The highest BCUT2D eigenvalue weighted by atomic mass is 32.2. The average Bonchev–Trinajstić information content (AvgIpc) is 3.38. The van der Waals surface area contributed by atoms with Gasteiger partial charge in [0.2, 0.25) is 0 Å². The van der Waals surface area contributed by atoms with E-state index in [1.807, 2.05) is 54.6 Å². The summed E-state index contributed by atoms with van der Waals surface area (Å²) >= 11 is 2.67. The number of fused-ring (bicyclic) bond motifs is 1. The molecule has 1 heterocycles. The van der Waals surface area contributed by atoms with Gasteiger partial charge in [0.05, 0.1) is 26.5 Å². The maximum Gasteiger partial charge on any atom is 0.343 e. The number of benzene rings is 4. The number of Topliss-reactive ketones (excluding diaryl/α,β-unsaturated/α-hetero) is 1. The van der Waals surface area contributed by atoms with Crippen molar-refractivity contribution in [3.8, 4) is 11.1 Å². The zero-order valence-corrected chi connectivity index (χ0v) is 22.2. The molecule has 5 rings (SSSR count). The molecule has 0 unspecified atom stereocenters. The number of carbonyl (C=O) groups excluding carboxylic acids is 2. The molecule has 11 heteroatoms. The predicted octanol–water partition coefficient (Wildman–Crippen LogP) is 6.80. The van der Waals surface area contributed by atoms with Crippen molar-refractivity contribution in [3.63, 3.8) is 0 Å². The van der Waals surface area contributed by atoms with E-state index >= 15 is 0 Å². The first-order chi connectivity index (χ1) is 19.3. The Morgan fingerprint density at radius 2 is 1.65 bits per heavy atom. The second-order valence-corrected chi connectivity index (χ2v) is 10.8. The summed E-state index contributed by atoms with van der Waals surface area (Å²) in [6, 6.07) is 25.9. The van der Waals surface area contributed by atoms with Crippen LogP contribution in [0.1, 0.15) is 31.1 Å². The van der Waals surface area contributed by atoms with E-state index in [9.17, 15) is 29.6 Å². The van der Waals surface area contributed by atoms with Gasteiger partial charge in [0.25, 0.3) is 11.6 Å². The van der Waals surface area contributed by atoms with E-state index in [-0.39, 0.29) is 17.1 Å². The van der Waals surface area contributed by atoms with Crippen LogP contribution in [0.2, 0.25) is 0 Å². The summed E-state index contributed by atoms with van der Waals surface area (Å²) < 4.78 is 1.43. The standard InChI is InChI=1S/C29H19N3O6S2/c33-24(19-11-9-18(10-12-19)17-5-2-1-3-6-17)16-39-29-31-22-14-13-20(15-25(22)40-29)30-27(34)21-7-4-8-23(32(37)38)26(21)28(35)36/h1-15H,16H2,(H,30,34)(H,35,36). The van der Waals surface area contributed by atoms with E-state index in [2.05, 4.69) is 10.3 Å². The number of amides is 1. The number of nitrogens with one attached hydrogen (secondary N) is 1. The monoisotopic (exact) mass is 569 g/mol. The molecule has 0 fully saturated rings. The predicted molar refractivity (Wildman–Crippen MR) is 155 cm³/mol. The maximum absolute atomic E-state index is 12.8. The van der Waals surface area contributed by atoms with Crippen molar-refractivity contribution in [2.45, 2.75) is 4.34 Å². The molecule has 0 radical (unpaired) electrons. The molecule has 0 atom stereocenters. The van der Waals surface area contributed by atoms with Crippen molar-refractivity contribution >= 4 is 62.3 Å². The number of hydrogen-bond acceptors (Lipinski definition) is 8. The number of nitro groups is 1. The molecule has 0 bridgehead atoms. The fourth-order valence-corrected chi connectivity index (χ4v) is 6.04. The largest absolute Gasteiger partial charge is 0.477 e. The Balaban J connectivity index is 1.26. The molecule has 0 aliphatic heterocycles. The fourth-order valence-electron chi connectivity index (χ4n) is 4.04. The van der Waals surface area contributed by atoms with Crippen LogP contribution in [0.3, 0.4) is 0 Å². The number of rotatable bonds is 9. The van der Waals surface area contributed by atoms with Crippen molar-refractivity contribution < 1.29 is 24.4 Å². The second-order valence-electron chi connectivity index (χ2n) is 8.53. The first-order valence-electron chi connectivity index (χ1n) is 11.8. The molecule has 1 aromatic heterocycles. The Kier molecular flexibility index (Phi) is 7.67. The van der Waals surface area contributed by atoms with Gasteiger partial charge in [0, 0.05) is 17.3 Å². The van der Waals surface area contributed by atoms with E-state index in [0.717, 1.165) is 21.9 Å². The highest BCUT2D eigenvalue weighted by Gasteiger charge is 2.27. The van der Waals surface area contributed by atoms with Crippen molar-refractivity contribution in [2.24, 2.45) is 0 Å². The number of carboxylic acid groups (broad SMARTS) is 1. The minimum atomic E-state index is -1.57. The van der Waals surface area contributed by atoms with Crippen LogP contribution in [0.4, 0.5) is 11.4 Å². The van der Waals surface area contributed by atoms with Crippen LogP contribution >= 0.6 is 23.1 Å². The van der Waals surface area contributed by atoms with Crippen LogP contribution < -0.4 is 5.32 Å². The van der Waals surface area contributed by atoms with Crippen molar-refractivity contribution in [1.82, 2.24) is 4.98 Å². The van der Waals surface area contributed by atoms with Crippen molar-refractivity contribution in [1.29, 1.82) is 0 Å². The molecule has 5 aromatic rings. The zero-order chi connectivity index (χ0) is 28.2. The molecule has 0 aliphatic rings. The van der Waals surface area contributed by atoms with E-state index < -0.39 is 28.1 Å². The number of thiazole rings is 1. The first kappa shape index (κ1) is 26.7. The van der Waals surface area contributed by atoms with E-state index in [0.29, 0.717) is 21.1 Å². The fraction of sp³-hybridized carbons (Fsp3) is 0.0345. The highest BCUT2D eigenvalue weighted by Crippen LogP contribution is 2.32. The number of aromatic carboxylic acids is 1. The summed E-state index contributed by atoms with van der Waals surface area (Å²) in [5.74, 6) is -2.18. The van der Waals surface area contributed by atoms with Crippen LogP contribution in [0.25, 0.3) is 21.3 Å². The van der Waals surface area contributed by atoms with Crippen molar-refractivity contribution in [2.75, 3.05) is 11.1 Å². The van der Waals surface area contributed by atoms with Gasteiger partial charge in [0.15, 0.2) is 10.1 Å². The summed E-state index contributed by atoms with van der Waals surface area (Å²) in [7, 11) is 0. The molecule has 0 saturated carbocycles. The normalized spacial score (nSPS) is 10.8. The van der Waals surface area contributed by atoms with Crippen LogP contribution in [0.5, 0.6) is 0 Å². The SMILES string of the molecule is O=C(CSc1nc2ccc(NC(=O)c3cccc([N+](=O)[O-])c3C(=O)O)cc2s1)c1ccc(-c2ccccc2)cc1. The molecule has 2 N–H and O–H groups in total. The lowest BCUT2D eigenvalue weighted by Gasteiger charge is -2.08. The lowest BCUT2D eigenvalue weighted by molar-refractivity contribution is -0.385. The number of nitro benzene ring substituents is 1. The van der Waals surface area contributed by atoms with E-state index in [1.54, 1.807) is 18.2 Å². The molecule has 1 amide bonds. The van der Waals surface area contributed by atoms with Crippen LogP contribution in [0.15, 0.2) is 95.3 Å². The van der Waals surface area contributed by atoms with Gasteiger partial charge >= 0.3 is 5.97 Å². The molecule has 198 valence electrons. The lowest BCUT2D eigenvalue weighted by Crippen LogP contribution is -2.17. The first-order valence-corrected chi connectivity index (χ1v) is 13.6. The van der Waals surface area contributed by atoms with Gasteiger partial charge in [-0.05, 0) is 35.4 Å². The summed E-state index contributed by atoms with van der Waals surface area (Å²) in [6.07, 6.45) is 0. The van der Waals surface area contributed by atoms with Gasteiger partial charge in [-0.15, -0.1) is 11.3 Å². The number of anilines is 1. The Hall–Kier alpha value is -4.87. The number of hydrogen-bond donors (Lipinski definition) is 2. The number of ketones is 1. The average molecular weight is 570 g/mol. The number of aromatic nitrogens is 1. The minimum Gasteiger partial charge on any atom is -0.477 e. The molecule has 9 nitrogen and oxygen atoms in total. The quantitative estimate of drug-likeness (QED) is 0.0855. The smallest absolute Gasteiger partial charge is 0.343 e. The van der Waals surface area contributed by atoms with Gasteiger partial charge in [0.1, 0.15) is 5.56 Å². The van der Waals surface area contributed by atoms with Crippen molar-refractivity contribution in [3.05, 3.63) is 118 Å². The van der Waals surface area contributed by atoms with Crippen LogP contribution in [-0.4, -0.2) is 38.4 Å². The number of nitrogens with zero attached hydrogens (tertiary/aromatic N) is 2. The van der Waals surface area contributed by atoms with E-state index in [1.165, 1.54) is 35.2 Å². The number of carbonyl (C=O) groups is 3. The summed E-state index contributed by atoms with van der Waals surface area (Å²) in [5, 5.41) is 23.3. The second kappa shape index (κ2) is 11.5. The van der Waals surface area contributed by atoms with Crippen LogP contribution in [-0.2, 0) is 0 Å². The minimum absolute atomic E-state index is 0.0250. The maximum atomic E-state index is 12.8. The van der Waals surface area contributed by atoms with Gasteiger partial charge in [-0.2, -0.15) is 0 Å². The molecular formula is C29H19N3O6S2. The third-order valence-corrected chi connectivity index (χ3v) is 8.13. The molecule has 0 saturated heterocycles. The third kappa shape index (κ3) is 5.75. The highest BCUT2D eigenvalue weighted by molar-refractivity contribution is 8.01. The van der Waals surface area contributed by atoms with Crippen LogP contribution in [0, 0.1) is 10.1 Å². The lowest BCUT2D eigenvalue weighted by atomic mass is 10.0. The number of thioether (sulfide) groups is 1. The Morgan fingerprint density at radius 1 is 0.925 bits per heavy atom. The third-order valence-electron chi connectivity index (χ3n) is 5.97. The Morgan fingerprint density at radius 3 is 2.35 bits per heavy atom. The Bertz CT molecular complexity index is 1770. The van der Waals surface area contributed by atoms with Gasteiger partial charge < -0.3 is 10.4 Å². The molecule has 4 aromatic carbocycles. The Labute approximate surface area is 235 Å². The molecule has 40 heavy (non-hydrogen) atoms. The molecule has 0 spiro atoms. The van der Waals surface area contributed by atoms with E-state index in [4.69, 9.17) is 0 Å². The topological polar surface area (TPSA) is 140 Å². The summed E-state index contributed by atoms with van der Waals surface area (Å²) in [5.41, 5.74) is 2.10. The van der Waals surface area contributed by atoms with Gasteiger partial charge in [-0.25, -0.2) is 9.78 Å². The number of carboxylic acids is 1. The molecular weight excluding hydrogens is 550 g/mol. The van der Waals surface area contributed by atoms with Gasteiger partial charge in [-0.3, -0.25) is 19.7 Å². The summed E-state index contributed by atoms with van der Waals surface area (Å²) in [6.45, 7) is 0.